The van der Waals surface area contributed by atoms with Crippen molar-refractivity contribution in [3.63, 3.8) is 0 Å². The smallest absolute Gasteiger partial charge is 0.226 e. The standard InChI is InChI=1S/C15H23N3O2/c1-15(2)11-20-10-7-12(15)16-9-6-14(19)18-13-5-3-4-8-17-13/h3-5,8,12,16H,6-7,9-11H2,1-2H3,(H,17,18,19). The summed E-state index contributed by atoms with van der Waals surface area (Å²) in [6.45, 7) is 6.62. The molecule has 0 saturated carbocycles. The van der Waals surface area contributed by atoms with Crippen molar-refractivity contribution in [1.29, 1.82) is 0 Å². The number of nitrogens with one attached hydrogen (secondary N) is 2. The molecule has 110 valence electrons. The Kier molecular flexibility index (Phi) is 5.09. The zero-order chi connectivity index (χ0) is 14.4. The first kappa shape index (κ1) is 14.9. The Morgan fingerprint density at radius 3 is 3.05 bits per heavy atom. The van der Waals surface area contributed by atoms with Crippen LogP contribution in [0.25, 0.3) is 0 Å². The lowest BCUT2D eigenvalue weighted by Gasteiger charge is -2.38. The van der Waals surface area contributed by atoms with E-state index in [1.165, 1.54) is 0 Å². The molecule has 20 heavy (non-hydrogen) atoms. The number of carbonyl (C=O) groups is 1. The fourth-order valence-corrected chi connectivity index (χ4v) is 2.41. The summed E-state index contributed by atoms with van der Waals surface area (Å²) in [4.78, 5) is 15.9. The molecule has 1 aliphatic heterocycles. The first-order valence-electron chi connectivity index (χ1n) is 7.10. The van der Waals surface area contributed by atoms with Crippen LogP contribution in [0.5, 0.6) is 0 Å². The summed E-state index contributed by atoms with van der Waals surface area (Å²) < 4.78 is 5.49. The van der Waals surface area contributed by atoms with Gasteiger partial charge in [-0.1, -0.05) is 19.9 Å². The molecule has 1 aliphatic rings. The molecule has 0 aromatic carbocycles. The first-order chi connectivity index (χ1) is 9.58. The Bertz CT molecular complexity index is 434. The van der Waals surface area contributed by atoms with Gasteiger partial charge in [0.1, 0.15) is 5.82 Å². The Morgan fingerprint density at radius 1 is 1.50 bits per heavy atom. The van der Waals surface area contributed by atoms with Gasteiger partial charge in [-0.2, -0.15) is 0 Å². The SMILES string of the molecule is CC1(C)COCCC1NCCC(=O)Nc1ccccn1. The van der Waals surface area contributed by atoms with Crippen LogP contribution in [-0.2, 0) is 9.53 Å². The van der Waals surface area contributed by atoms with Crippen molar-refractivity contribution >= 4 is 11.7 Å². The number of nitrogens with zero attached hydrogens (tertiary/aromatic N) is 1. The van der Waals surface area contributed by atoms with Gasteiger partial charge in [0.25, 0.3) is 0 Å². The van der Waals surface area contributed by atoms with Crippen LogP contribution in [0.2, 0.25) is 0 Å². The van der Waals surface area contributed by atoms with Gasteiger partial charge in [-0.25, -0.2) is 4.98 Å². The van der Waals surface area contributed by atoms with Crippen molar-refractivity contribution < 1.29 is 9.53 Å². The zero-order valence-corrected chi connectivity index (χ0v) is 12.2. The third-order valence-electron chi connectivity index (χ3n) is 3.64. The first-order valence-corrected chi connectivity index (χ1v) is 7.10. The second-order valence-corrected chi connectivity index (χ2v) is 5.85. The van der Waals surface area contributed by atoms with Crippen molar-refractivity contribution in [3.05, 3.63) is 24.4 Å². The van der Waals surface area contributed by atoms with Crippen LogP contribution < -0.4 is 10.6 Å². The van der Waals surface area contributed by atoms with Crippen LogP contribution in [-0.4, -0.2) is 36.7 Å². The van der Waals surface area contributed by atoms with E-state index >= 15 is 0 Å². The topological polar surface area (TPSA) is 63.2 Å². The zero-order valence-electron chi connectivity index (χ0n) is 12.2. The minimum absolute atomic E-state index is 0.0129. The van der Waals surface area contributed by atoms with E-state index in [2.05, 4.69) is 29.5 Å². The molecule has 1 unspecified atom stereocenters. The molecule has 0 bridgehead atoms. The third kappa shape index (κ3) is 4.28. The predicted molar refractivity (Wildman–Crippen MR) is 78.5 cm³/mol. The van der Waals surface area contributed by atoms with Crippen LogP contribution in [0.1, 0.15) is 26.7 Å². The minimum atomic E-state index is -0.0129. The summed E-state index contributed by atoms with van der Waals surface area (Å²) >= 11 is 0. The maximum atomic E-state index is 11.8. The Balaban J connectivity index is 1.71. The summed E-state index contributed by atoms with van der Waals surface area (Å²) in [6.07, 6.45) is 3.11. The van der Waals surface area contributed by atoms with E-state index in [9.17, 15) is 4.79 Å². The van der Waals surface area contributed by atoms with Gasteiger partial charge in [0.05, 0.1) is 6.61 Å². The number of hydrogen-bond donors (Lipinski definition) is 2. The van der Waals surface area contributed by atoms with Gasteiger partial charge >= 0.3 is 0 Å². The minimum Gasteiger partial charge on any atom is -0.381 e. The average Bonchev–Trinajstić information content (AvgIpc) is 2.41. The third-order valence-corrected chi connectivity index (χ3v) is 3.64. The largest absolute Gasteiger partial charge is 0.381 e. The fraction of sp³-hybridized carbons (Fsp3) is 0.600. The fourth-order valence-electron chi connectivity index (χ4n) is 2.41. The number of ether oxygens (including phenoxy) is 1. The number of hydrogen-bond acceptors (Lipinski definition) is 4. The molecule has 1 aromatic heterocycles. The van der Waals surface area contributed by atoms with Gasteiger partial charge < -0.3 is 15.4 Å². The van der Waals surface area contributed by atoms with Crippen molar-refractivity contribution in [3.8, 4) is 0 Å². The van der Waals surface area contributed by atoms with Gasteiger partial charge in [0.2, 0.25) is 5.91 Å². The van der Waals surface area contributed by atoms with E-state index in [0.29, 0.717) is 24.8 Å². The number of pyridine rings is 1. The normalized spacial score (nSPS) is 21.4. The molecule has 1 saturated heterocycles. The lowest BCUT2D eigenvalue weighted by molar-refractivity contribution is -0.116. The Hall–Kier alpha value is -1.46. The number of anilines is 1. The maximum Gasteiger partial charge on any atom is 0.226 e. The van der Waals surface area contributed by atoms with Gasteiger partial charge in [-0.05, 0) is 18.6 Å². The molecule has 5 nitrogen and oxygen atoms in total. The van der Waals surface area contributed by atoms with E-state index in [1.807, 2.05) is 12.1 Å². The average molecular weight is 277 g/mol. The van der Waals surface area contributed by atoms with Crippen LogP contribution >= 0.6 is 0 Å². The van der Waals surface area contributed by atoms with Gasteiger partial charge in [-0.3, -0.25) is 4.79 Å². The lowest BCUT2D eigenvalue weighted by Crippen LogP contribution is -2.49. The molecule has 1 atom stereocenters. The molecule has 0 radical (unpaired) electrons. The molecule has 1 fully saturated rings. The highest BCUT2D eigenvalue weighted by molar-refractivity contribution is 5.89. The van der Waals surface area contributed by atoms with Crippen molar-refractivity contribution in [2.75, 3.05) is 25.1 Å². The number of amides is 1. The van der Waals surface area contributed by atoms with Crippen molar-refractivity contribution in [2.45, 2.75) is 32.7 Å². The highest BCUT2D eigenvalue weighted by atomic mass is 16.5. The highest BCUT2D eigenvalue weighted by Crippen LogP contribution is 2.27. The second-order valence-electron chi connectivity index (χ2n) is 5.85. The summed E-state index contributed by atoms with van der Waals surface area (Å²) in [5, 5.41) is 6.25. The molecule has 1 amide bonds. The van der Waals surface area contributed by atoms with Crippen LogP contribution in [0, 0.1) is 5.41 Å². The quantitative estimate of drug-likeness (QED) is 0.861. The summed E-state index contributed by atoms with van der Waals surface area (Å²) in [5.74, 6) is 0.588. The molecule has 2 rings (SSSR count). The Labute approximate surface area is 120 Å². The second kappa shape index (κ2) is 6.81. The predicted octanol–water partition coefficient (Wildman–Crippen LogP) is 1.81. The number of carbonyl (C=O) groups excluding carboxylic acids is 1. The van der Waals surface area contributed by atoms with Crippen LogP contribution in [0.4, 0.5) is 5.82 Å². The number of aromatic nitrogens is 1. The lowest BCUT2D eigenvalue weighted by atomic mass is 9.82. The highest BCUT2D eigenvalue weighted by Gasteiger charge is 2.32. The maximum absolute atomic E-state index is 11.8. The van der Waals surface area contributed by atoms with E-state index < -0.39 is 0 Å². The van der Waals surface area contributed by atoms with Gasteiger partial charge in [0.15, 0.2) is 0 Å². The van der Waals surface area contributed by atoms with Crippen LogP contribution in [0.15, 0.2) is 24.4 Å². The Morgan fingerprint density at radius 2 is 2.35 bits per heavy atom. The molecule has 1 aromatic rings. The van der Waals surface area contributed by atoms with Crippen LogP contribution in [0.3, 0.4) is 0 Å². The molecule has 0 spiro atoms. The van der Waals surface area contributed by atoms with E-state index in [1.54, 1.807) is 12.3 Å². The van der Waals surface area contributed by atoms with Gasteiger partial charge in [-0.15, -0.1) is 0 Å². The molecule has 2 heterocycles. The number of rotatable bonds is 5. The van der Waals surface area contributed by atoms with E-state index in [0.717, 1.165) is 19.6 Å². The molecule has 5 heteroatoms. The van der Waals surface area contributed by atoms with Crippen molar-refractivity contribution in [2.24, 2.45) is 5.41 Å². The van der Waals surface area contributed by atoms with E-state index in [4.69, 9.17) is 4.74 Å². The summed E-state index contributed by atoms with van der Waals surface area (Å²) in [5.41, 5.74) is 0.121. The molecule has 0 aliphatic carbocycles. The molecule has 2 N–H and O–H groups in total. The van der Waals surface area contributed by atoms with Crippen molar-refractivity contribution in [1.82, 2.24) is 10.3 Å². The molecular weight excluding hydrogens is 254 g/mol. The van der Waals surface area contributed by atoms with Gasteiger partial charge in [0, 0.05) is 37.2 Å². The summed E-state index contributed by atoms with van der Waals surface area (Å²) in [6, 6.07) is 5.86. The van der Waals surface area contributed by atoms with E-state index in [-0.39, 0.29) is 11.3 Å². The monoisotopic (exact) mass is 277 g/mol. The summed E-state index contributed by atoms with van der Waals surface area (Å²) in [7, 11) is 0. The molecular formula is C15H23N3O2.